The third-order valence-electron chi connectivity index (χ3n) is 5.97. The van der Waals surface area contributed by atoms with Crippen LogP contribution < -0.4 is 4.90 Å². The first-order valence-corrected chi connectivity index (χ1v) is 9.45. The van der Waals surface area contributed by atoms with Crippen LogP contribution in [-0.4, -0.2) is 73.5 Å². The number of amides is 1. The lowest BCUT2D eigenvalue weighted by atomic mass is 10.0. The van der Waals surface area contributed by atoms with Crippen LogP contribution in [0.2, 0.25) is 0 Å². The van der Waals surface area contributed by atoms with Crippen molar-refractivity contribution in [1.82, 2.24) is 9.80 Å². The predicted molar refractivity (Wildman–Crippen MR) is 96.3 cm³/mol. The van der Waals surface area contributed by atoms with Crippen molar-refractivity contribution in [2.75, 3.05) is 57.4 Å². The van der Waals surface area contributed by atoms with Crippen LogP contribution in [0.1, 0.15) is 17.6 Å². The van der Waals surface area contributed by atoms with E-state index in [0.29, 0.717) is 50.2 Å². The number of carboxylic acid groups (broad SMARTS) is 1. The van der Waals surface area contributed by atoms with Crippen LogP contribution in [0, 0.1) is 11.8 Å². The zero-order valence-corrected chi connectivity index (χ0v) is 15.2. The van der Waals surface area contributed by atoms with Gasteiger partial charge in [0.05, 0.1) is 13.2 Å². The Morgan fingerprint density at radius 2 is 1.81 bits per heavy atom. The summed E-state index contributed by atoms with van der Waals surface area (Å²) >= 11 is 0. The molecular formula is C19H25F2N3O3. The number of rotatable bonds is 4. The first kappa shape index (κ1) is 18.4. The van der Waals surface area contributed by atoms with Crippen molar-refractivity contribution in [2.24, 2.45) is 11.8 Å². The summed E-state index contributed by atoms with van der Waals surface area (Å²) in [4.78, 5) is 16.8. The third kappa shape index (κ3) is 3.87. The van der Waals surface area contributed by atoms with Gasteiger partial charge in [0.25, 0.3) is 6.43 Å². The van der Waals surface area contributed by atoms with E-state index in [1.807, 2.05) is 12.1 Å². The minimum Gasteiger partial charge on any atom is -0.465 e. The molecule has 3 heterocycles. The van der Waals surface area contributed by atoms with E-state index in [9.17, 15) is 13.6 Å². The lowest BCUT2D eigenvalue weighted by Gasteiger charge is -2.30. The highest BCUT2D eigenvalue weighted by atomic mass is 19.3. The second-order valence-corrected chi connectivity index (χ2v) is 7.69. The molecule has 3 fully saturated rings. The molecule has 2 unspecified atom stereocenters. The fraction of sp³-hybridized carbons (Fsp3) is 0.632. The predicted octanol–water partition coefficient (Wildman–Crippen LogP) is 2.50. The normalized spacial score (nSPS) is 26.0. The van der Waals surface area contributed by atoms with Crippen molar-refractivity contribution in [1.29, 1.82) is 0 Å². The maximum atomic E-state index is 13.7. The highest BCUT2D eigenvalue weighted by Crippen LogP contribution is 2.34. The van der Waals surface area contributed by atoms with Crippen LogP contribution in [0.5, 0.6) is 0 Å². The smallest absolute Gasteiger partial charge is 0.407 e. The van der Waals surface area contributed by atoms with Crippen molar-refractivity contribution in [2.45, 2.75) is 13.0 Å². The van der Waals surface area contributed by atoms with E-state index in [0.717, 1.165) is 31.9 Å². The number of halogens is 2. The molecular weight excluding hydrogens is 356 g/mol. The second-order valence-electron chi connectivity index (χ2n) is 7.69. The number of alkyl halides is 2. The average Bonchev–Trinajstić information content (AvgIpc) is 3.21. The molecule has 1 N–H and O–H groups in total. The third-order valence-corrected chi connectivity index (χ3v) is 5.97. The zero-order valence-electron chi connectivity index (χ0n) is 15.2. The fourth-order valence-electron chi connectivity index (χ4n) is 4.56. The maximum absolute atomic E-state index is 13.7. The van der Waals surface area contributed by atoms with Crippen molar-refractivity contribution >= 4 is 11.8 Å². The molecule has 0 saturated carbocycles. The summed E-state index contributed by atoms with van der Waals surface area (Å²) < 4.78 is 32.7. The number of hydrogen-bond acceptors (Lipinski definition) is 4. The van der Waals surface area contributed by atoms with Gasteiger partial charge in [0, 0.05) is 57.1 Å². The van der Waals surface area contributed by atoms with Crippen LogP contribution in [0.25, 0.3) is 0 Å². The highest BCUT2D eigenvalue weighted by Gasteiger charge is 2.41. The van der Waals surface area contributed by atoms with Crippen molar-refractivity contribution in [3.63, 3.8) is 0 Å². The quantitative estimate of drug-likeness (QED) is 0.869. The summed E-state index contributed by atoms with van der Waals surface area (Å²) in [6, 6.07) is 5.37. The van der Waals surface area contributed by atoms with Gasteiger partial charge in [-0.3, -0.25) is 4.90 Å². The maximum Gasteiger partial charge on any atom is 0.407 e. The lowest BCUT2D eigenvalue weighted by molar-refractivity contribution is 0.122. The Morgan fingerprint density at radius 3 is 2.41 bits per heavy atom. The number of nitrogens with zero attached hydrogens (tertiary/aromatic N) is 3. The standard InChI is InChI=1S/C19H25F2N3O3/c20-18(21)17-7-16(23-3-5-27-6-4-23)2-1-13(17)8-22-9-14-11-24(19(25)26)12-15(14)10-22/h1-2,7,14-15,18H,3-6,8-12H2,(H,25,26). The number of benzene rings is 1. The number of carbonyl (C=O) groups is 1. The molecule has 0 spiro atoms. The van der Waals surface area contributed by atoms with Gasteiger partial charge in [0.2, 0.25) is 0 Å². The van der Waals surface area contributed by atoms with Gasteiger partial charge >= 0.3 is 6.09 Å². The Balaban J connectivity index is 1.44. The molecule has 3 aliphatic heterocycles. The van der Waals surface area contributed by atoms with Crippen molar-refractivity contribution < 1.29 is 23.4 Å². The Hall–Kier alpha value is -1.93. The molecule has 0 bridgehead atoms. The van der Waals surface area contributed by atoms with Crippen LogP contribution in [-0.2, 0) is 11.3 Å². The minimum absolute atomic E-state index is 0.100. The van der Waals surface area contributed by atoms with Gasteiger partial charge in [-0.2, -0.15) is 0 Å². The Morgan fingerprint density at radius 1 is 1.15 bits per heavy atom. The van der Waals surface area contributed by atoms with Gasteiger partial charge in [-0.25, -0.2) is 13.6 Å². The first-order valence-electron chi connectivity index (χ1n) is 9.45. The van der Waals surface area contributed by atoms with Gasteiger partial charge in [0.15, 0.2) is 0 Å². The number of likely N-dealkylation sites (tertiary alicyclic amines) is 2. The molecule has 148 valence electrons. The molecule has 2 atom stereocenters. The van der Waals surface area contributed by atoms with E-state index >= 15 is 0 Å². The number of ether oxygens (including phenoxy) is 1. The van der Waals surface area contributed by atoms with E-state index in [1.54, 1.807) is 6.07 Å². The molecule has 1 amide bonds. The van der Waals surface area contributed by atoms with E-state index < -0.39 is 12.5 Å². The molecule has 3 saturated heterocycles. The molecule has 1 aromatic carbocycles. The van der Waals surface area contributed by atoms with E-state index in [4.69, 9.17) is 9.84 Å². The summed E-state index contributed by atoms with van der Waals surface area (Å²) in [5.74, 6) is 0.618. The van der Waals surface area contributed by atoms with Gasteiger partial charge in [-0.15, -0.1) is 0 Å². The number of anilines is 1. The van der Waals surface area contributed by atoms with Crippen LogP contribution in [0.4, 0.5) is 19.3 Å². The Kier molecular flexibility index (Phi) is 5.19. The molecule has 4 rings (SSSR count). The van der Waals surface area contributed by atoms with Crippen molar-refractivity contribution in [3.8, 4) is 0 Å². The zero-order chi connectivity index (χ0) is 19.0. The van der Waals surface area contributed by atoms with Gasteiger partial charge in [0.1, 0.15) is 0 Å². The molecule has 3 aliphatic rings. The number of hydrogen-bond donors (Lipinski definition) is 1. The summed E-state index contributed by atoms with van der Waals surface area (Å²) in [7, 11) is 0. The largest absolute Gasteiger partial charge is 0.465 e. The van der Waals surface area contributed by atoms with Gasteiger partial charge in [-0.05, 0) is 29.5 Å². The van der Waals surface area contributed by atoms with Crippen molar-refractivity contribution in [3.05, 3.63) is 29.3 Å². The monoisotopic (exact) mass is 381 g/mol. The van der Waals surface area contributed by atoms with Crippen LogP contribution >= 0.6 is 0 Å². The molecule has 0 aromatic heterocycles. The SMILES string of the molecule is O=C(O)N1CC2CN(Cc3ccc(N4CCOCC4)cc3C(F)F)CC2C1. The second kappa shape index (κ2) is 7.59. The molecule has 0 radical (unpaired) electrons. The van der Waals surface area contributed by atoms with Gasteiger partial charge in [-0.1, -0.05) is 6.07 Å². The van der Waals surface area contributed by atoms with E-state index in [1.165, 1.54) is 4.90 Å². The van der Waals surface area contributed by atoms with Gasteiger partial charge < -0.3 is 19.6 Å². The van der Waals surface area contributed by atoms with Crippen LogP contribution in [0.15, 0.2) is 18.2 Å². The van der Waals surface area contributed by atoms with E-state index in [2.05, 4.69) is 9.80 Å². The molecule has 27 heavy (non-hydrogen) atoms. The first-order chi connectivity index (χ1) is 13.0. The number of morpholine rings is 1. The topological polar surface area (TPSA) is 56.2 Å². The molecule has 1 aromatic rings. The summed E-state index contributed by atoms with van der Waals surface area (Å²) in [5, 5.41) is 9.12. The molecule has 6 nitrogen and oxygen atoms in total. The highest BCUT2D eigenvalue weighted by molar-refractivity contribution is 5.65. The Bertz CT molecular complexity index is 683. The average molecular weight is 381 g/mol. The summed E-state index contributed by atoms with van der Waals surface area (Å²) in [6.07, 6.45) is -3.37. The van der Waals surface area contributed by atoms with Crippen LogP contribution in [0.3, 0.4) is 0 Å². The summed E-state index contributed by atoms with van der Waals surface area (Å²) in [5.41, 5.74) is 1.59. The summed E-state index contributed by atoms with van der Waals surface area (Å²) in [6.45, 7) is 5.80. The molecule has 0 aliphatic carbocycles. The number of fused-ring (bicyclic) bond motifs is 1. The van der Waals surface area contributed by atoms with E-state index in [-0.39, 0.29) is 5.56 Å². The molecule has 8 heteroatoms. The lowest BCUT2D eigenvalue weighted by Crippen LogP contribution is -2.36. The minimum atomic E-state index is -2.51. The fourth-order valence-corrected chi connectivity index (χ4v) is 4.56. The Labute approximate surface area is 157 Å².